The number of anilines is 6. The second-order valence-electron chi connectivity index (χ2n) is 12.6. The average Bonchev–Trinajstić information content (AvgIpc) is 3.95. The van der Waals surface area contributed by atoms with E-state index >= 15 is 0 Å². The SMILES string of the molecule is COc1cc(N2CCC(N3CCN(C)CC3)CC2)c(C2CC2)cc1Nc1ncc(Br)c(Nc2ccc3nccnc3c2N(C)SC)n1. The monoisotopic (exact) mass is 718 g/mol. The van der Waals surface area contributed by atoms with Gasteiger partial charge in [-0.05, 0) is 78.3 Å². The molecule has 248 valence electrons. The lowest BCUT2D eigenvalue weighted by atomic mass is 9.99. The molecular weight excluding hydrogens is 676 g/mol. The molecule has 13 heteroatoms. The van der Waals surface area contributed by atoms with Gasteiger partial charge in [0.2, 0.25) is 5.95 Å². The second kappa shape index (κ2) is 14.0. The Morgan fingerprint density at radius 1 is 0.936 bits per heavy atom. The summed E-state index contributed by atoms with van der Waals surface area (Å²) in [5.41, 5.74) is 7.04. The van der Waals surface area contributed by atoms with Crippen molar-refractivity contribution in [2.75, 3.05) is 86.6 Å². The fourth-order valence-electron chi connectivity index (χ4n) is 6.80. The molecule has 7 rings (SSSR count). The molecule has 0 unspecified atom stereocenters. The number of benzene rings is 2. The zero-order valence-electron chi connectivity index (χ0n) is 27.5. The number of fused-ring (bicyclic) bond motifs is 1. The van der Waals surface area contributed by atoms with Gasteiger partial charge >= 0.3 is 0 Å². The van der Waals surface area contributed by atoms with Crippen LogP contribution < -0.4 is 24.6 Å². The predicted molar refractivity (Wildman–Crippen MR) is 197 cm³/mol. The third kappa shape index (κ3) is 6.94. The normalized spacial score (nSPS) is 18.0. The first-order valence-corrected chi connectivity index (χ1v) is 18.4. The van der Waals surface area contributed by atoms with Crippen LogP contribution in [0.25, 0.3) is 11.0 Å². The predicted octanol–water partition coefficient (Wildman–Crippen LogP) is 6.49. The number of methoxy groups -OCH3 is 1. The Hall–Kier alpha value is -3.39. The summed E-state index contributed by atoms with van der Waals surface area (Å²) < 4.78 is 8.80. The van der Waals surface area contributed by atoms with Gasteiger partial charge in [0.15, 0.2) is 0 Å². The van der Waals surface area contributed by atoms with Crippen molar-refractivity contribution in [1.82, 2.24) is 29.7 Å². The maximum Gasteiger partial charge on any atom is 0.229 e. The van der Waals surface area contributed by atoms with Crippen molar-refractivity contribution in [2.24, 2.45) is 0 Å². The molecule has 0 spiro atoms. The first-order chi connectivity index (χ1) is 22.9. The van der Waals surface area contributed by atoms with Crippen LogP contribution in [0.15, 0.2) is 47.3 Å². The van der Waals surface area contributed by atoms with Crippen molar-refractivity contribution in [2.45, 2.75) is 37.6 Å². The Balaban J connectivity index is 1.12. The van der Waals surface area contributed by atoms with E-state index in [4.69, 9.17) is 9.72 Å². The van der Waals surface area contributed by atoms with Crippen molar-refractivity contribution in [3.05, 3.63) is 52.9 Å². The molecule has 0 atom stereocenters. The number of ether oxygens (including phenoxy) is 1. The highest BCUT2D eigenvalue weighted by atomic mass is 79.9. The van der Waals surface area contributed by atoms with Gasteiger partial charge in [0.05, 0.1) is 34.2 Å². The number of hydrogen-bond acceptors (Lipinski definition) is 12. The Bertz CT molecular complexity index is 1720. The van der Waals surface area contributed by atoms with Gasteiger partial charge in [-0.15, -0.1) is 0 Å². The fraction of sp³-hybridized carbons (Fsp3) is 0.471. The van der Waals surface area contributed by atoms with Gasteiger partial charge in [0.1, 0.15) is 17.1 Å². The lowest BCUT2D eigenvalue weighted by Gasteiger charge is -2.43. The maximum atomic E-state index is 5.97. The Labute approximate surface area is 289 Å². The minimum atomic E-state index is 0.483. The lowest BCUT2D eigenvalue weighted by molar-refractivity contribution is 0.0982. The molecule has 3 fully saturated rings. The standard InChI is InChI=1S/C34H43BrN10OS/c1-42-15-17-44(18-16-42)23-9-13-45(14-10-23)29-20-30(46-3)28(19-24(29)22-5-6-22)40-34-38-21-25(35)33(41-34)39-27-8-7-26-31(37-12-11-36-26)32(27)43(2)47-4/h7-8,11-12,19-23H,5-6,9-10,13-18H2,1-4H3,(H2,38,39,40,41). The van der Waals surface area contributed by atoms with E-state index in [1.165, 1.54) is 63.1 Å². The quantitative estimate of drug-likeness (QED) is 0.176. The summed E-state index contributed by atoms with van der Waals surface area (Å²) in [7, 11) is 5.99. The smallest absolute Gasteiger partial charge is 0.229 e. The van der Waals surface area contributed by atoms with Crippen molar-refractivity contribution in [3.8, 4) is 5.75 Å². The van der Waals surface area contributed by atoms with E-state index in [2.05, 4.69) is 79.7 Å². The number of likely N-dealkylation sites (N-methyl/N-ethyl adjacent to an activating group) is 1. The Morgan fingerprint density at radius 2 is 1.70 bits per heavy atom. The highest BCUT2D eigenvalue weighted by molar-refractivity contribution is 9.10. The second-order valence-corrected chi connectivity index (χ2v) is 14.4. The summed E-state index contributed by atoms with van der Waals surface area (Å²) in [5.74, 6) is 2.50. The number of hydrogen-bond donors (Lipinski definition) is 2. The van der Waals surface area contributed by atoms with Gasteiger partial charge < -0.3 is 29.5 Å². The van der Waals surface area contributed by atoms with E-state index in [0.29, 0.717) is 23.7 Å². The van der Waals surface area contributed by atoms with Gasteiger partial charge in [-0.3, -0.25) is 14.9 Å². The van der Waals surface area contributed by atoms with Crippen molar-refractivity contribution < 1.29 is 4.74 Å². The molecule has 1 saturated carbocycles. The molecule has 47 heavy (non-hydrogen) atoms. The summed E-state index contributed by atoms with van der Waals surface area (Å²) in [6.45, 7) is 6.87. The molecule has 2 saturated heterocycles. The molecule has 3 aliphatic rings. The summed E-state index contributed by atoms with van der Waals surface area (Å²) in [5, 5.41) is 7.01. The Morgan fingerprint density at radius 3 is 2.43 bits per heavy atom. The zero-order valence-corrected chi connectivity index (χ0v) is 29.9. The number of rotatable bonds is 10. The van der Waals surface area contributed by atoms with Crippen LogP contribution in [0.4, 0.5) is 34.5 Å². The van der Waals surface area contributed by atoms with Gasteiger partial charge in [-0.2, -0.15) is 4.98 Å². The van der Waals surface area contributed by atoms with E-state index in [9.17, 15) is 0 Å². The summed E-state index contributed by atoms with van der Waals surface area (Å²) in [6, 6.07) is 9.16. The number of halogens is 1. The van der Waals surface area contributed by atoms with E-state index in [-0.39, 0.29) is 0 Å². The van der Waals surface area contributed by atoms with Crippen LogP contribution >= 0.6 is 27.9 Å². The maximum absolute atomic E-state index is 5.97. The molecule has 0 amide bonds. The van der Waals surface area contributed by atoms with Crippen molar-refractivity contribution in [1.29, 1.82) is 0 Å². The van der Waals surface area contributed by atoms with Gasteiger partial charge in [0.25, 0.3) is 0 Å². The number of piperazine rings is 1. The molecule has 2 N–H and O–H groups in total. The van der Waals surface area contributed by atoms with Crippen molar-refractivity contribution in [3.63, 3.8) is 0 Å². The first kappa shape index (κ1) is 32.2. The summed E-state index contributed by atoms with van der Waals surface area (Å²) in [4.78, 5) is 26.4. The number of aromatic nitrogens is 4. The molecule has 2 aliphatic heterocycles. The summed E-state index contributed by atoms with van der Waals surface area (Å²) in [6.07, 6.45) is 12.1. The largest absolute Gasteiger partial charge is 0.494 e. The van der Waals surface area contributed by atoms with Gasteiger partial charge in [0, 0.05) is 89.0 Å². The molecule has 4 aromatic rings. The minimum absolute atomic E-state index is 0.483. The summed E-state index contributed by atoms with van der Waals surface area (Å²) >= 11 is 5.26. The van der Waals surface area contributed by atoms with E-state index in [0.717, 1.165) is 51.4 Å². The van der Waals surface area contributed by atoms with Gasteiger partial charge in [-0.25, -0.2) is 4.98 Å². The van der Waals surface area contributed by atoms with Crippen LogP contribution in [0.5, 0.6) is 5.75 Å². The zero-order chi connectivity index (χ0) is 32.5. The molecule has 2 aromatic heterocycles. The molecule has 2 aromatic carbocycles. The van der Waals surface area contributed by atoms with Crippen LogP contribution in [0, 0.1) is 0 Å². The first-order valence-electron chi connectivity index (χ1n) is 16.4. The number of nitrogens with one attached hydrogen (secondary N) is 2. The third-order valence-corrected chi connectivity index (χ3v) is 11.0. The van der Waals surface area contributed by atoms with E-state index in [1.54, 1.807) is 37.6 Å². The molecule has 0 bridgehead atoms. The average molecular weight is 720 g/mol. The van der Waals surface area contributed by atoms with Crippen LogP contribution in [-0.4, -0.2) is 103 Å². The third-order valence-electron chi connectivity index (χ3n) is 9.67. The number of nitrogens with zero attached hydrogens (tertiary/aromatic N) is 8. The van der Waals surface area contributed by atoms with Crippen molar-refractivity contribution >= 4 is 73.4 Å². The molecular formula is C34H43BrN10OS. The molecule has 11 nitrogen and oxygen atoms in total. The van der Waals surface area contributed by atoms with E-state index in [1.807, 2.05) is 25.4 Å². The van der Waals surface area contributed by atoms with Crippen LogP contribution in [-0.2, 0) is 0 Å². The van der Waals surface area contributed by atoms with Gasteiger partial charge in [-0.1, -0.05) is 11.9 Å². The number of piperidine rings is 1. The molecule has 4 heterocycles. The topological polar surface area (TPSA) is 97.8 Å². The van der Waals surface area contributed by atoms with Crippen LogP contribution in [0.1, 0.15) is 37.2 Å². The highest BCUT2D eigenvalue weighted by Gasteiger charge is 2.32. The molecule has 1 aliphatic carbocycles. The highest BCUT2D eigenvalue weighted by Crippen LogP contribution is 2.48. The minimum Gasteiger partial charge on any atom is -0.494 e. The van der Waals surface area contributed by atoms with Crippen LogP contribution in [0.3, 0.4) is 0 Å². The molecule has 0 radical (unpaired) electrons. The lowest BCUT2D eigenvalue weighted by Crippen LogP contribution is -2.52. The fourth-order valence-corrected chi connectivity index (χ4v) is 7.46. The van der Waals surface area contributed by atoms with Crippen LogP contribution in [0.2, 0.25) is 0 Å². The Kier molecular flexibility index (Phi) is 9.58. The van der Waals surface area contributed by atoms with E-state index < -0.39 is 0 Å².